The zero-order chi connectivity index (χ0) is 14.1. The van der Waals surface area contributed by atoms with E-state index in [4.69, 9.17) is 5.26 Å². The molecule has 96 valence electrons. The number of nitrogens with zero attached hydrogens (tertiary/aromatic N) is 1. The number of nitriles is 1. The second kappa shape index (κ2) is 4.56. The Labute approximate surface area is 114 Å². The molecule has 0 aliphatic rings. The molecule has 0 fully saturated rings. The third-order valence-corrected chi connectivity index (χ3v) is 3.21. The molecule has 0 aliphatic heterocycles. The number of hydrogen-bond acceptors (Lipinski definition) is 3. The van der Waals surface area contributed by atoms with Crippen LogP contribution in [0.25, 0.3) is 22.0 Å². The van der Waals surface area contributed by atoms with Crippen molar-refractivity contribution >= 4 is 10.8 Å². The molecule has 0 saturated carbocycles. The SMILES string of the molecule is N#Cc1ccc(-c2c(O)ccc3ccccc23)[nH]c1=O. The Morgan fingerprint density at radius 1 is 1.05 bits per heavy atom. The van der Waals surface area contributed by atoms with E-state index in [1.807, 2.05) is 36.4 Å². The maximum atomic E-state index is 11.7. The van der Waals surface area contributed by atoms with Gasteiger partial charge in [-0.15, -0.1) is 0 Å². The van der Waals surface area contributed by atoms with Crippen LogP contribution in [-0.2, 0) is 0 Å². The molecular formula is C16H10N2O2. The third kappa shape index (κ3) is 1.82. The summed E-state index contributed by atoms with van der Waals surface area (Å²) in [6.07, 6.45) is 0. The zero-order valence-electron chi connectivity index (χ0n) is 10.4. The van der Waals surface area contributed by atoms with E-state index in [2.05, 4.69) is 4.98 Å². The minimum absolute atomic E-state index is 0.0495. The Balaban J connectivity index is 2.35. The summed E-state index contributed by atoms with van der Waals surface area (Å²) in [5.74, 6) is 0.0871. The van der Waals surface area contributed by atoms with Gasteiger partial charge in [0.15, 0.2) is 0 Å². The Morgan fingerprint density at radius 3 is 2.60 bits per heavy atom. The highest BCUT2D eigenvalue weighted by atomic mass is 16.3. The summed E-state index contributed by atoms with van der Waals surface area (Å²) in [7, 11) is 0. The molecule has 0 unspecified atom stereocenters. The first-order valence-electron chi connectivity index (χ1n) is 6.05. The van der Waals surface area contributed by atoms with Crippen molar-refractivity contribution in [2.45, 2.75) is 0 Å². The molecule has 3 aromatic rings. The van der Waals surface area contributed by atoms with Gasteiger partial charge in [0.25, 0.3) is 5.56 Å². The lowest BCUT2D eigenvalue weighted by atomic mass is 10.0. The smallest absolute Gasteiger partial charge is 0.266 e. The number of aromatic amines is 1. The molecule has 0 spiro atoms. The molecule has 1 heterocycles. The highest BCUT2D eigenvalue weighted by Gasteiger charge is 2.11. The van der Waals surface area contributed by atoms with E-state index < -0.39 is 5.56 Å². The van der Waals surface area contributed by atoms with Gasteiger partial charge in [0.2, 0.25) is 0 Å². The zero-order valence-corrected chi connectivity index (χ0v) is 10.4. The quantitative estimate of drug-likeness (QED) is 0.708. The van der Waals surface area contributed by atoms with Gasteiger partial charge in [-0.2, -0.15) is 5.26 Å². The third-order valence-electron chi connectivity index (χ3n) is 3.21. The Kier molecular flexibility index (Phi) is 2.73. The molecule has 0 radical (unpaired) electrons. The Morgan fingerprint density at radius 2 is 1.85 bits per heavy atom. The molecule has 2 aromatic carbocycles. The highest BCUT2D eigenvalue weighted by Crippen LogP contribution is 2.34. The molecule has 2 N–H and O–H groups in total. The van der Waals surface area contributed by atoms with E-state index in [0.717, 1.165) is 10.8 Å². The summed E-state index contributed by atoms with van der Waals surface area (Å²) < 4.78 is 0. The van der Waals surface area contributed by atoms with Crippen LogP contribution in [0.4, 0.5) is 0 Å². The number of rotatable bonds is 1. The van der Waals surface area contributed by atoms with Gasteiger partial charge in [-0.25, -0.2) is 0 Å². The fourth-order valence-electron chi connectivity index (χ4n) is 2.25. The number of hydrogen-bond donors (Lipinski definition) is 2. The fraction of sp³-hybridized carbons (Fsp3) is 0. The predicted octanol–water partition coefficient (Wildman–Crippen LogP) is 2.77. The molecule has 0 atom stereocenters. The van der Waals surface area contributed by atoms with Crippen LogP contribution in [0.2, 0.25) is 0 Å². The lowest BCUT2D eigenvalue weighted by Gasteiger charge is -2.09. The molecule has 0 aliphatic carbocycles. The van der Waals surface area contributed by atoms with Crippen molar-refractivity contribution in [2.75, 3.05) is 0 Å². The molecule has 4 nitrogen and oxygen atoms in total. The van der Waals surface area contributed by atoms with E-state index in [1.165, 1.54) is 6.07 Å². The van der Waals surface area contributed by atoms with E-state index in [1.54, 1.807) is 12.1 Å². The first-order chi connectivity index (χ1) is 9.70. The van der Waals surface area contributed by atoms with Gasteiger partial charge in [0.1, 0.15) is 17.4 Å². The number of phenolic OH excluding ortho intramolecular Hbond substituents is 1. The van der Waals surface area contributed by atoms with E-state index in [9.17, 15) is 9.90 Å². The van der Waals surface area contributed by atoms with Crippen molar-refractivity contribution in [2.24, 2.45) is 0 Å². The summed E-state index contributed by atoms with van der Waals surface area (Å²) >= 11 is 0. The van der Waals surface area contributed by atoms with Crippen LogP contribution >= 0.6 is 0 Å². The second-order valence-electron chi connectivity index (χ2n) is 4.41. The summed E-state index contributed by atoms with van der Waals surface area (Å²) in [4.78, 5) is 14.4. The fourth-order valence-corrected chi connectivity index (χ4v) is 2.25. The lowest BCUT2D eigenvalue weighted by Crippen LogP contribution is -2.10. The molecule has 4 heteroatoms. The van der Waals surface area contributed by atoms with Gasteiger partial charge in [-0.1, -0.05) is 30.3 Å². The number of pyridine rings is 1. The summed E-state index contributed by atoms with van der Waals surface area (Å²) in [5.41, 5.74) is 0.638. The van der Waals surface area contributed by atoms with Gasteiger partial charge in [0, 0.05) is 5.56 Å². The van der Waals surface area contributed by atoms with Crippen molar-refractivity contribution in [1.82, 2.24) is 4.98 Å². The van der Waals surface area contributed by atoms with E-state index in [-0.39, 0.29) is 11.3 Å². The standard InChI is InChI=1S/C16H10N2O2/c17-9-11-5-7-13(18-16(11)20)15-12-4-2-1-3-10(12)6-8-14(15)19/h1-8,19H,(H,18,20). The van der Waals surface area contributed by atoms with Crippen molar-refractivity contribution in [3.05, 3.63) is 64.4 Å². The highest BCUT2D eigenvalue weighted by molar-refractivity contribution is 5.98. The molecule has 20 heavy (non-hydrogen) atoms. The Bertz CT molecular complexity index is 904. The van der Waals surface area contributed by atoms with Crippen molar-refractivity contribution in [1.29, 1.82) is 5.26 Å². The number of H-pyrrole nitrogens is 1. The molecule has 1 aromatic heterocycles. The minimum Gasteiger partial charge on any atom is -0.507 e. The average Bonchev–Trinajstić information content (AvgIpc) is 2.47. The number of benzene rings is 2. The van der Waals surface area contributed by atoms with Gasteiger partial charge in [-0.3, -0.25) is 4.79 Å². The largest absolute Gasteiger partial charge is 0.507 e. The number of phenols is 1. The maximum Gasteiger partial charge on any atom is 0.266 e. The van der Waals surface area contributed by atoms with Crippen LogP contribution in [0.5, 0.6) is 5.75 Å². The number of fused-ring (bicyclic) bond motifs is 1. The first-order valence-corrected chi connectivity index (χ1v) is 6.05. The average molecular weight is 262 g/mol. The molecule has 0 saturated heterocycles. The summed E-state index contributed by atoms with van der Waals surface area (Å²) in [6, 6.07) is 15.9. The topological polar surface area (TPSA) is 76.9 Å². The maximum absolute atomic E-state index is 11.7. The van der Waals surface area contributed by atoms with Crippen molar-refractivity contribution in [3.8, 4) is 23.1 Å². The lowest BCUT2D eigenvalue weighted by molar-refractivity contribution is 0.478. The van der Waals surface area contributed by atoms with Gasteiger partial charge >= 0.3 is 0 Å². The van der Waals surface area contributed by atoms with Crippen LogP contribution in [0.1, 0.15) is 5.56 Å². The number of aromatic hydroxyl groups is 1. The van der Waals surface area contributed by atoms with E-state index >= 15 is 0 Å². The minimum atomic E-state index is -0.461. The first kappa shape index (κ1) is 12.0. The predicted molar refractivity (Wildman–Crippen MR) is 76.4 cm³/mol. The summed E-state index contributed by atoms with van der Waals surface area (Å²) in [6.45, 7) is 0. The van der Waals surface area contributed by atoms with Crippen LogP contribution in [0.15, 0.2) is 53.3 Å². The summed E-state index contributed by atoms with van der Waals surface area (Å²) in [5, 5.41) is 20.7. The van der Waals surface area contributed by atoms with Crippen LogP contribution in [0, 0.1) is 11.3 Å². The van der Waals surface area contributed by atoms with Crippen LogP contribution in [-0.4, -0.2) is 10.1 Å². The van der Waals surface area contributed by atoms with Gasteiger partial charge < -0.3 is 10.1 Å². The number of aromatic nitrogens is 1. The van der Waals surface area contributed by atoms with Gasteiger partial charge in [-0.05, 0) is 29.0 Å². The van der Waals surface area contributed by atoms with Crippen LogP contribution < -0.4 is 5.56 Å². The molecule has 3 rings (SSSR count). The monoisotopic (exact) mass is 262 g/mol. The number of nitrogens with one attached hydrogen (secondary N) is 1. The Hall–Kier alpha value is -3.06. The molecule has 0 bridgehead atoms. The van der Waals surface area contributed by atoms with Crippen molar-refractivity contribution < 1.29 is 5.11 Å². The molecule has 0 amide bonds. The normalized spacial score (nSPS) is 10.3. The van der Waals surface area contributed by atoms with Crippen LogP contribution in [0.3, 0.4) is 0 Å². The van der Waals surface area contributed by atoms with Crippen molar-refractivity contribution in [3.63, 3.8) is 0 Å². The molecular weight excluding hydrogens is 252 g/mol. The van der Waals surface area contributed by atoms with Gasteiger partial charge in [0.05, 0.1) is 5.69 Å². The second-order valence-corrected chi connectivity index (χ2v) is 4.41. The van der Waals surface area contributed by atoms with E-state index in [0.29, 0.717) is 11.3 Å².